The number of hydrogen-bond acceptors (Lipinski definition) is 5. The molecule has 2 rings (SSSR count). The molecule has 0 amide bonds. The summed E-state index contributed by atoms with van der Waals surface area (Å²) in [5.41, 5.74) is 0. The summed E-state index contributed by atoms with van der Waals surface area (Å²) in [4.78, 5) is 0. The second-order valence-corrected chi connectivity index (χ2v) is 17.5. The van der Waals surface area contributed by atoms with Gasteiger partial charge in [-0.1, -0.05) is 45.1 Å². The lowest BCUT2D eigenvalue weighted by Gasteiger charge is -2.36. The standard InChI is InChI=1S/C23H42O3S2Si/c1-22(2,3)29(4,5)26-17-10-7-6-9-14-23(27-19-12-20-28-23)15-18-25-21-13-8-11-16-24-21/h6-7,9-10,21H,8,11-20H2,1-5H3/b9-6-,10-7+. The lowest BCUT2D eigenvalue weighted by Crippen LogP contribution is -2.40. The number of thioether (sulfide) groups is 2. The Morgan fingerprint density at radius 1 is 1.07 bits per heavy atom. The monoisotopic (exact) mass is 458 g/mol. The van der Waals surface area contributed by atoms with Crippen LogP contribution < -0.4 is 0 Å². The Bertz CT molecular complexity index is 517. The van der Waals surface area contributed by atoms with E-state index in [1.54, 1.807) is 0 Å². The van der Waals surface area contributed by atoms with Crippen molar-refractivity contribution < 1.29 is 13.9 Å². The van der Waals surface area contributed by atoms with Gasteiger partial charge in [-0.3, -0.25) is 0 Å². The first-order valence-electron chi connectivity index (χ1n) is 11.2. The molecule has 2 aliphatic heterocycles. The van der Waals surface area contributed by atoms with E-state index < -0.39 is 8.32 Å². The van der Waals surface area contributed by atoms with Crippen LogP contribution in [-0.4, -0.2) is 50.0 Å². The zero-order valence-electron chi connectivity index (χ0n) is 19.2. The zero-order chi connectivity index (χ0) is 21.2. The summed E-state index contributed by atoms with van der Waals surface area (Å²) in [5, 5.41) is 0.267. The predicted molar refractivity (Wildman–Crippen MR) is 132 cm³/mol. The van der Waals surface area contributed by atoms with Gasteiger partial charge in [-0.15, -0.1) is 23.5 Å². The van der Waals surface area contributed by atoms with Crippen molar-refractivity contribution >= 4 is 31.8 Å². The molecule has 29 heavy (non-hydrogen) atoms. The summed E-state index contributed by atoms with van der Waals surface area (Å²) in [6.45, 7) is 13.8. The first kappa shape index (κ1) is 25.5. The maximum absolute atomic E-state index is 6.20. The molecule has 0 aromatic heterocycles. The second-order valence-electron chi connectivity index (χ2n) is 9.51. The van der Waals surface area contributed by atoms with Crippen LogP contribution in [0.2, 0.25) is 18.1 Å². The number of ether oxygens (including phenoxy) is 2. The van der Waals surface area contributed by atoms with Crippen molar-refractivity contribution in [3.8, 4) is 0 Å². The van der Waals surface area contributed by atoms with E-state index in [1.807, 2.05) is 0 Å². The average Bonchev–Trinajstić information content (AvgIpc) is 2.68. The molecule has 0 aromatic rings. The molecule has 2 aliphatic rings. The molecular weight excluding hydrogens is 416 g/mol. The van der Waals surface area contributed by atoms with Crippen molar-refractivity contribution in [1.29, 1.82) is 0 Å². The average molecular weight is 459 g/mol. The van der Waals surface area contributed by atoms with Gasteiger partial charge in [0.1, 0.15) is 0 Å². The van der Waals surface area contributed by atoms with Gasteiger partial charge in [0.25, 0.3) is 0 Å². The second kappa shape index (κ2) is 12.3. The molecule has 0 radical (unpaired) electrons. The van der Waals surface area contributed by atoms with Crippen molar-refractivity contribution in [2.24, 2.45) is 0 Å². The first-order valence-corrected chi connectivity index (χ1v) is 16.1. The fraction of sp³-hybridized carbons (Fsp3) is 0.826. The highest BCUT2D eigenvalue weighted by Gasteiger charge is 2.36. The Balaban J connectivity index is 1.74. The molecule has 2 heterocycles. The Morgan fingerprint density at radius 3 is 2.45 bits per heavy atom. The highest BCUT2D eigenvalue weighted by Crippen LogP contribution is 2.47. The van der Waals surface area contributed by atoms with Crippen molar-refractivity contribution in [3.63, 3.8) is 0 Å². The fourth-order valence-electron chi connectivity index (χ4n) is 3.10. The molecule has 2 fully saturated rings. The summed E-state index contributed by atoms with van der Waals surface area (Å²) in [7, 11) is -1.65. The van der Waals surface area contributed by atoms with Crippen LogP contribution in [0.15, 0.2) is 24.3 Å². The predicted octanol–water partition coefficient (Wildman–Crippen LogP) is 7.01. The van der Waals surface area contributed by atoms with E-state index in [2.05, 4.69) is 81.7 Å². The van der Waals surface area contributed by atoms with Crippen LogP contribution >= 0.6 is 23.5 Å². The molecule has 0 N–H and O–H groups in total. The van der Waals surface area contributed by atoms with Gasteiger partial charge in [0.05, 0.1) is 17.3 Å². The third kappa shape index (κ3) is 9.12. The number of hydrogen-bond donors (Lipinski definition) is 0. The third-order valence-corrected chi connectivity index (χ3v) is 14.1. The van der Waals surface area contributed by atoms with Gasteiger partial charge < -0.3 is 13.9 Å². The summed E-state index contributed by atoms with van der Waals surface area (Å²) in [6.07, 6.45) is 15.8. The maximum atomic E-state index is 6.20. The minimum absolute atomic E-state index is 0.0266. The fourth-order valence-corrected chi connectivity index (χ4v) is 7.27. The molecule has 3 nitrogen and oxygen atoms in total. The molecule has 168 valence electrons. The molecule has 0 aliphatic carbocycles. The molecule has 0 bridgehead atoms. The lowest BCUT2D eigenvalue weighted by molar-refractivity contribution is -0.162. The Labute approximate surface area is 188 Å². The van der Waals surface area contributed by atoms with Gasteiger partial charge in [-0.05, 0) is 68.2 Å². The van der Waals surface area contributed by atoms with Crippen LogP contribution in [0.4, 0.5) is 0 Å². The minimum atomic E-state index is -1.65. The highest BCUT2D eigenvalue weighted by molar-refractivity contribution is 8.18. The summed E-state index contributed by atoms with van der Waals surface area (Å²) in [5.74, 6) is 2.52. The molecule has 1 atom stereocenters. The molecule has 2 saturated heterocycles. The van der Waals surface area contributed by atoms with Crippen LogP contribution in [-0.2, 0) is 13.9 Å². The van der Waals surface area contributed by atoms with Crippen LogP contribution in [0.1, 0.15) is 59.3 Å². The van der Waals surface area contributed by atoms with Gasteiger partial charge in [0, 0.05) is 6.61 Å². The van der Waals surface area contributed by atoms with Gasteiger partial charge >= 0.3 is 0 Å². The number of allylic oxidation sites excluding steroid dienone is 3. The van der Waals surface area contributed by atoms with E-state index >= 15 is 0 Å². The number of rotatable bonds is 10. The van der Waals surface area contributed by atoms with Crippen LogP contribution in [0.5, 0.6) is 0 Å². The van der Waals surface area contributed by atoms with Crippen LogP contribution in [0, 0.1) is 0 Å². The third-order valence-electron chi connectivity index (χ3n) is 6.10. The van der Waals surface area contributed by atoms with Gasteiger partial charge in [-0.25, -0.2) is 0 Å². The smallest absolute Gasteiger partial charge is 0.192 e. The van der Waals surface area contributed by atoms with E-state index in [1.165, 1.54) is 30.8 Å². The van der Waals surface area contributed by atoms with Crippen LogP contribution in [0.25, 0.3) is 0 Å². The van der Waals surface area contributed by atoms with E-state index in [4.69, 9.17) is 13.9 Å². The van der Waals surface area contributed by atoms with E-state index in [0.29, 0.717) is 6.61 Å². The van der Waals surface area contributed by atoms with E-state index in [-0.39, 0.29) is 15.4 Å². The Kier molecular flexibility index (Phi) is 10.9. The molecular formula is C23H42O3S2Si. The molecule has 0 aromatic carbocycles. The first-order chi connectivity index (χ1) is 13.7. The van der Waals surface area contributed by atoms with Gasteiger partial charge in [0.2, 0.25) is 0 Å². The summed E-state index contributed by atoms with van der Waals surface area (Å²) in [6, 6.07) is 0. The van der Waals surface area contributed by atoms with Crippen LogP contribution in [0.3, 0.4) is 0 Å². The largest absolute Gasteiger partial charge is 0.413 e. The highest BCUT2D eigenvalue weighted by atomic mass is 32.2. The van der Waals surface area contributed by atoms with Crippen molar-refractivity contribution in [2.45, 2.75) is 87.8 Å². The summed E-state index contributed by atoms with van der Waals surface area (Å²) >= 11 is 4.24. The Hall–Kier alpha value is 0.277. The SMILES string of the molecule is CC(C)(C)[Si](C)(C)OC/C=C/C=C\CC1(CCOC2CCCCO2)SCCCS1. The van der Waals surface area contributed by atoms with E-state index in [0.717, 1.165) is 32.5 Å². The topological polar surface area (TPSA) is 27.7 Å². The van der Waals surface area contributed by atoms with Crippen molar-refractivity contribution in [2.75, 3.05) is 31.3 Å². The molecule has 6 heteroatoms. The zero-order valence-corrected chi connectivity index (χ0v) is 21.8. The van der Waals surface area contributed by atoms with E-state index in [9.17, 15) is 0 Å². The quantitative estimate of drug-likeness (QED) is 0.259. The molecule has 0 spiro atoms. The minimum Gasteiger partial charge on any atom is -0.413 e. The Morgan fingerprint density at radius 2 is 1.79 bits per heavy atom. The van der Waals surface area contributed by atoms with Gasteiger partial charge in [0.15, 0.2) is 14.6 Å². The lowest BCUT2D eigenvalue weighted by atomic mass is 10.2. The van der Waals surface area contributed by atoms with Crippen molar-refractivity contribution in [1.82, 2.24) is 0 Å². The normalized spacial score (nSPS) is 23.8. The molecule has 1 unspecified atom stereocenters. The maximum Gasteiger partial charge on any atom is 0.192 e. The summed E-state index contributed by atoms with van der Waals surface area (Å²) < 4.78 is 18.2. The van der Waals surface area contributed by atoms with Gasteiger partial charge in [-0.2, -0.15) is 0 Å². The van der Waals surface area contributed by atoms with Crippen molar-refractivity contribution in [3.05, 3.63) is 24.3 Å². The molecule has 0 saturated carbocycles.